The molecule has 0 fully saturated rings. The molecule has 0 saturated carbocycles. The summed E-state index contributed by atoms with van der Waals surface area (Å²) >= 11 is 14.1. The van der Waals surface area contributed by atoms with Crippen molar-refractivity contribution in [1.82, 2.24) is 14.9 Å². The van der Waals surface area contributed by atoms with Crippen molar-refractivity contribution >= 4 is 50.6 Å². The molecule has 2 aromatic carbocycles. The van der Waals surface area contributed by atoms with Crippen LogP contribution in [0.2, 0.25) is 10.0 Å². The number of thiophene rings is 1. The minimum atomic E-state index is 0.103. The maximum atomic E-state index is 6.45. The van der Waals surface area contributed by atoms with Crippen molar-refractivity contribution in [1.29, 1.82) is 0 Å². The summed E-state index contributed by atoms with van der Waals surface area (Å²) in [5, 5.41) is 8.15. The first-order valence-electron chi connectivity index (χ1n) is 9.17. The lowest BCUT2D eigenvalue weighted by Crippen LogP contribution is -2.27. The SMILES string of the molecule is CN(C)[C@@H](CNc1ncnc2scc(-c3ccc(Cl)cc3)c12)c1ccccc1Cl. The normalized spacial score (nSPS) is 12.4. The van der Waals surface area contributed by atoms with Gasteiger partial charge in [0.25, 0.3) is 0 Å². The Kier molecular flexibility index (Phi) is 6.01. The Hall–Kier alpha value is -2.18. The molecule has 29 heavy (non-hydrogen) atoms. The molecule has 2 heterocycles. The molecule has 148 valence electrons. The van der Waals surface area contributed by atoms with Crippen LogP contribution in [0.15, 0.2) is 60.2 Å². The van der Waals surface area contributed by atoms with Crippen molar-refractivity contribution in [3.05, 3.63) is 75.8 Å². The summed E-state index contributed by atoms with van der Waals surface area (Å²) in [6.45, 7) is 0.665. The van der Waals surface area contributed by atoms with Gasteiger partial charge in [-0.2, -0.15) is 0 Å². The number of rotatable bonds is 6. The third kappa shape index (κ3) is 4.23. The van der Waals surface area contributed by atoms with Crippen LogP contribution in [0.25, 0.3) is 21.3 Å². The van der Waals surface area contributed by atoms with Gasteiger partial charge in [-0.3, -0.25) is 0 Å². The number of aromatic nitrogens is 2. The van der Waals surface area contributed by atoms with E-state index in [4.69, 9.17) is 23.2 Å². The zero-order valence-electron chi connectivity index (χ0n) is 16.1. The van der Waals surface area contributed by atoms with E-state index in [2.05, 4.69) is 45.7 Å². The van der Waals surface area contributed by atoms with Gasteiger partial charge in [-0.25, -0.2) is 9.97 Å². The third-order valence-corrected chi connectivity index (χ3v) is 6.36. The quantitative estimate of drug-likeness (QED) is 0.376. The second-order valence-corrected chi connectivity index (χ2v) is 8.64. The maximum absolute atomic E-state index is 6.45. The zero-order valence-corrected chi connectivity index (χ0v) is 18.4. The van der Waals surface area contributed by atoms with E-state index in [0.717, 1.165) is 42.8 Å². The van der Waals surface area contributed by atoms with Crippen LogP contribution in [-0.4, -0.2) is 35.5 Å². The Morgan fingerprint density at radius 1 is 1.03 bits per heavy atom. The molecular weight excluding hydrogens is 423 g/mol. The van der Waals surface area contributed by atoms with E-state index in [1.54, 1.807) is 17.7 Å². The third-order valence-electron chi connectivity index (χ3n) is 4.88. The van der Waals surface area contributed by atoms with Crippen LogP contribution in [0.3, 0.4) is 0 Å². The molecule has 4 aromatic rings. The van der Waals surface area contributed by atoms with Gasteiger partial charge in [0.15, 0.2) is 0 Å². The van der Waals surface area contributed by atoms with E-state index in [1.807, 2.05) is 42.5 Å². The van der Waals surface area contributed by atoms with Crippen LogP contribution >= 0.6 is 34.5 Å². The molecule has 2 aromatic heterocycles. The first-order chi connectivity index (χ1) is 14.0. The number of anilines is 1. The Balaban J connectivity index is 1.68. The Bertz CT molecular complexity index is 1130. The summed E-state index contributed by atoms with van der Waals surface area (Å²) in [6, 6.07) is 15.9. The highest BCUT2D eigenvalue weighted by Gasteiger charge is 2.19. The monoisotopic (exact) mass is 442 g/mol. The molecule has 1 N–H and O–H groups in total. The van der Waals surface area contributed by atoms with Gasteiger partial charge in [0, 0.05) is 27.5 Å². The van der Waals surface area contributed by atoms with Gasteiger partial charge in [-0.1, -0.05) is 53.5 Å². The number of nitrogens with zero attached hydrogens (tertiary/aromatic N) is 3. The number of fused-ring (bicyclic) bond motifs is 1. The molecule has 4 rings (SSSR count). The lowest BCUT2D eigenvalue weighted by Gasteiger charge is -2.26. The average molecular weight is 443 g/mol. The number of nitrogens with one attached hydrogen (secondary N) is 1. The van der Waals surface area contributed by atoms with E-state index in [0.29, 0.717) is 6.54 Å². The van der Waals surface area contributed by atoms with Gasteiger partial charge in [-0.15, -0.1) is 11.3 Å². The molecule has 7 heteroatoms. The predicted octanol–water partition coefficient (Wildman–Crippen LogP) is 6.38. The van der Waals surface area contributed by atoms with E-state index in [9.17, 15) is 0 Å². The summed E-state index contributed by atoms with van der Waals surface area (Å²) in [6.07, 6.45) is 1.60. The molecule has 0 saturated heterocycles. The number of halogens is 2. The lowest BCUT2D eigenvalue weighted by atomic mass is 10.0. The van der Waals surface area contributed by atoms with Gasteiger partial charge in [0.2, 0.25) is 0 Å². The largest absolute Gasteiger partial charge is 0.367 e. The molecule has 0 aliphatic carbocycles. The van der Waals surface area contributed by atoms with Crippen molar-refractivity contribution in [2.45, 2.75) is 6.04 Å². The summed E-state index contributed by atoms with van der Waals surface area (Å²) in [5.41, 5.74) is 3.28. The highest BCUT2D eigenvalue weighted by Crippen LogP contribution is 2.37. The van der Waals surface area contributed by atoms with Crippen LogP contribution in [-0.2, 0) is 0 Å². The van der Waals surface area contributed by atoms with Crippen molar-refractivity contribution in [3.63, 3.8) is 0 Å². The molecule has 0 aliphatic heterocycles. The second-order valence-electron chi connectivity index (χ2n) is 6.94. The van der Waals surface area contributed by atoms with Gasteiger partial charge >= 0.3 is 0 Å². The summed E-state index contributed by atoms with van der Waals surface area (Å²) in [7, 11) is 4.10. The summed E-state index contributed by atoms with van der Waals surface area (Å²) in [5.74, 6) is 0.820. The number of hydrogen-bond donors (Lipinski definition) is 1. The molecule has 0 radical (unpaired) electrons. The smallest absolute Gasteiger partial charge is 0.138 e. The molecule has 0 bridgehead atoms. The highest BCUT2D eigenvalue weighted by molar-refractivity contribution is 7.17. The van der Waals surface area contributed by atoms with Crippen LogP contribution in [0.5, 0.6) is 0 Å². The summed E-state index contributed by atoms with van der Waals surface area (Å²) in [4.78, 5) is 12.1. The number of likely N-dealkylation sites (N-methyl/N-ethyl adjacent to an activating group) is 1. The van der Waals surface area contributed by atoms with Gasteiger partial charge in [0.05, 0.1) is 11.4 Å². The molecular formula is C22H20Cl2N4S. The van der Waals surface area contributed by atoms with Crippen molar-refractivity contribution in [3.8, 4) is 11.1 Å². The van der Waals surface area contributed by atoms with E-state index in [-0.39, 0.29) is 6.04 Å². The fourth-order valence-electron chi connectivity index (χ4n) is 3.36. The first-order valence-corrected chi connectivity index (χ1v) is 10.8. The topological polar surface area (TPSA) is 41.0 Å². The predicted molar refractivity (Wildman–Crippen MR) is 124 cm³/mol. The zero-order chi connectivity index (χ0) is 20.4. The van der Waals surface area contributed by atoms with Crippen LogP contribution in [0, 0.1) is 0 Å². The lowest BCUT2D eigenvalue weighted by molar-refractivity contribution is 0.312. The maximum Gasteiger partial charge on any atom is 0.138 e. The Morgan fingerprint density at radius 3 is 2.52 bits per heavy atom. The van der Waals surface area contributed by atoms with Crippen molar-refractivity contribution in [2.75, 3.05) is 26.0 Å². The van der Waals surface area contributed by atoms with Gasteiger partial charge < -0.3 is 10.2 Å². The first kappa shape index (κ1) is 20.1. The summed E-state index contributed by atoms with van der Waals surface area (Å²) < 4.78 is 0. The molecule has 1 atom stereocenters. The van der Waals surface area contributed by atoms with Crippen LogP contribution in [0.1, 0.15) is 11.6 Å². The average Bonchev–Trinajstić information content (AvgIpc) is 3.15. The minimum Gasteiger partial charge on any atom is -0.367 e. The fourth-order valence-corrected chi connectivity index (χ4v) is 4.66. The molecule has 0 unspecified atom stereocenters. The Labute approximate surface area is 184 Å². The van der Waals surface area contributed by atoms with Gasteiger partial charge in [0.1, 0.15) is 17.0 Å². The van der Waals surface area contributed by atoms with E-state index < -0.39 is 0 Å². The van der Waals surface area contributed by atoms with Crippen LogP contribution in [0.4, 0.5) is 5.82 Å². The fraction of sp³-hybridized carbons (Fsp3) is 0.182. The van der Waals surface area contributed by atoms with Gasteiger partial charge in [-0.05, 0) is 43.4 Å². The second kappa shape index (κ2) is 8.67. The number of hydrogen-bond acceptors (Lipinski definition) is 5. The molecule has 0 spiro atoms. The van der Waals surface area contributed by atoms with Crippen molar-refractivity contribution < 1.29 is 0 Å². The molecule has 4 nitrogen and oxygen atoms in total. The molecule has 0 aliphatic rings. The molecule has 0 amide bonds. The number of benzene rings is 2. The standard InChI is InChI=1S/C22H20Cl2N4S/c1-28(2)19(16-5-3-4-6-18(16)24)11-25-21-20-17(12-29-22(20)27-13-26-21)14-7-9-15(23)10-8-14/h3-10,12-13,19H,11H2,1-2H3,(H,25,26,27)/t19-/m0/s1. The minimum absolute atomic E-state index is 0.103. The van der Waals surface area contributed by atoms with Crippen LogP contribution < -0.4 is 5.32 Å². The van der Waals surface area contributed by atoms with Crippen molar-refractivity contribution in [2.24, 2.45) is 0 Å². The Morgan fingerprint density at radius 2 is 1.79 bits per heavy atom. The van der Waals surface area contributed by atoms with E-state index in [1.165, 1.54) is 0 Å². The van der Waals surface area contributed by atoms with E-state index >= 15 is 0 Å². The highest BCUT2D eigenvalue weighted by atomic mass is 35.5.